The molecule has 31 heavy (non-hydrogen) atoms. The number of anilines is 1. The summed E-state index contributed by atoms with van der Waals surface area (Å²) in [6, 6.07) is 10.4. The van der Waals surface area contributed by atoms with Crippen LogP contribution >= 0.6 is 15.9 Å². The van der Waals surface area contributed by atoms with E-state index in [1.54, 1.807) is 37.4 Å². The van der Waals surface area contributed by atoms with Crippen LogP contribution in [0.1, 0.15) is 25.8 Å². The summed E-state index contributed by atoms with van der Waals surface area (Å²) in [4.78, 5) is 2.70. The quantitative estimate of drug-likeness (QED) is 0.499. The van der Waals surface area contributed by atoms with E-state index in [-0.39, 0.29) is 5.56 Å². The summed E-state index contributed by atoms with van der Waals surface area (Å²) in [5, 5.41) is 3.70. The van der Waals surface area contributed by atoms with E-state index in [4.69, 9.17) is 4.74 Å². The van der Waals surface area contributed by atoms with Gasteiger partial charge in [0.05, 0.1) is 23.2 Å². The number of halogens is 3. The Hall–Kier alpha value is -1.97. The van der Waals surface area contributed by atoms with E-state index in [1.807, 2.05) is 19.9 Å². The molecule has 2 aromatic carbocycles. The summed E-state index contributed by atoms with van der Waals surface area (Å²) >= 11 is 3.37. The van der Waals surface area contributed by atoms with E-state index in [0.717, 1.165) is 36.3 Å². The summed E-state index contributed by atoms with van der Waals surface area (Å²) in [7, 11) is -0.0849. The van der Waals surface area contributed by atoms with Crippen LogP contribution < -0.4 is 15.0 Å². The molecule has 1 atom stereocenters. The summed E-state index contributed by atoms with van der Waals surface area (Å²) in [6.07, 6.45) is -1.36. The molecule has 3 aromatic rings. The van der Waals surface area contributed by atoms with Crippen LogP contribution in [-0.2, 0) is 11.0 Å². The summed E-state index contributed by atoms with van der Waals surface area (Å²) in [5.74, 6) is 0.695. The zero-order valence-electron chi connectivity index (χ0n) is 17.7. The van der Waals surface area contributed by atoms with E-state index >= 15 is 0 Å². The molecule has 1 aromatic heterocycles. The molecule has 1 unspecified atom stereocenters. The number of rotatable bonds is 5. The Bertz CT molecular complexity index is 1070. The molecule has 0 bridgehead atoms. The lowest BCUT2D eigenvalue weighted by molar-refractivity contribution is 0.153. The lowest BCUT2D eigenvalue weighted by Crippen LogP contribution is -2.43. The molecule has 5 nitrogen and oxygen atoms in total. The molecule has 1 aliphatic rings. The van der Waals surface area contributed by atoms with Gasteiger partial charge < -0.3 is 15.0 Å². The van der Waals surface area contributed by atoms with Crippen molar-refractivity contribution in [2.24, 2.45) is 0 Å². The minimum atomic E-state index is -2.65. The van der Waals surface area contributed by atoms with Gasteiger partial charge in [-0.15, -0.1) is 0 Å². The number of fused-ring (bicyclic) bond motifs is 1. The second-order valence-electron chi connectivity index (χ2n) is 6.69. The highest BCUT2D eigenvalue weighted by Gasteiger charge is 2.22. The summed E-state index contributed by atoms with van der Waals surface area (Å²) in [6.45, 7) is 7.32. The normalized spacial score (nSPS) is 15.0. The second kappa shape index (κ2) is 10.6. The van der Waals surface area contributed by atoms with Crippen molar-refractivity contribution >= 4 is 43.5 Å². The van der Waals surface area contributed by atoms with Crippen LogP contribution in [0.15, 0.2) is 52.0 Å². The van der Waals surface area contributed by atoms with Gasteiger partial charge in [0.25, 0.3) is 6.43 Å². The number of nitrogens with one attached hydrogen (secondary N) is 1. The third kappa shape index (κ3) is 4.94. The van der Waals surface area contributed by atoms with Crippen molar-refractivity contribution in [1.29, 1.82) is 0 Å². The number of alkyl halides is 2. The molecule has 2 heterocycles. The number of benzene rings is 2. The van der Waals surface area contributed by atoms with Crippen LogP contribution in [0.25, 0.3) is 10.9 Å². The van der Waals surface area contributed by atoms with E-state index in [9.17, 15) is 13.0 Å². The maximum Gasteiger partial charge on any atom is 0.265 e. The number of piperazine rings is 1. The lowest BCUT2D eigenvalue weighted by Gasteiger charge is -2.30. The molecule has 1 fully saturated rings. The average molecular weight is 514 g/mol. The smallest absolute Gasteiger partial charge is 0.265 e. The number of methoxy groups -OCH3 is 1. The third-order valence-electron chi connectivity index (χ3n) is 4.99. The first-order valence-corrected chi connectivity index (χ1v) is 12.0. The predicted octanol–water partition coefficient (Wildman–Crippen LogP) is 5.36. The van der Waals surface area contributed by atoms with Gasteiger partial charge in [-0.1, -0.05) is 35.8 Å². The van der Waals surface area contributed by atoms with E-state index in [0.29, 0.717) is 21.5 Å². The first-order chi connectivity index (χ1) is 15.0. The Morgan fingerprint density at radius 2 is 1.84 bits per heavy atom. The minimum Gasteiger partial charge on any atom is -0.495 e. The molecule has 1 saturated heterocycles. The largest absolute Gasteiger partial charge is 0.495 e. The summed E-state index contributed by atoms with van der Waals surface area (Å²) < 4.78 is 48.1. The van der Waals surface area contributed by atoms with Gasteiger partial charge in [-0.2, -0.15) is 0 Å². The van der Waals surface area contributed by atoms with Crippen LogP contribution in [0, 0.1) is 0 Å². The fraction of sp³-hybridized carbons (Fsp3) is 0.364. The molecule has 0 amide bonds. The number of hydrogen-bond donors (Lipinski definition) is 1. The van der Waals surface area contributed by atoms with Crippen molar-refractivity contribution < 1.29 is 17.7 Å². The van der Waals surface area contributed by atoms with Crippen molar-refractivity contribution in [2.45, 2.75) is 25.2 Å². The second-order valence-corrected chi connectivity index (χ2v) is 8.97. The number of nitrogens with zero attached hydrogens (tertiary/aromatic N) is 2. The number of aromatic nitrogens is 1. The van der Waals surface area contributed by atoms with Crippen LogP contribution in [-0.4, -0.2) is 41.5 Å². The summed E-state index contributed by atoms with van der Waals surface area (Å²) in [5.41, 5.74) is 1.22. The predicted molar refractivity (Wildman–Crippen MR) is 126 cm³/mol. The molecule has 1 N–H and O–H groups in total. The first kappa shape index (κ1) is 23.7. The SMILES string of the molecule is CC.COc1ccc(S(=O)n2cc(C(F)F)c3ccc(Br)cc32)cc1N1CCNCC1. The average Bonchev–Trinajstić information content (AvgIpc) is 3.19. The van der Waals surface area contributed by atoms with Crippen molar-refractivity contribution in [3.05, 3.63) is 52.6 Å². The molecule has 0 saturated carbocycles. The van der Waals surface area contributed by atoms with Gasteiger partial charge >= 0.3 is 0 Å². The maximum atomic E-state index is 13.5. The monoisotopic (exact) mass is 513 g/mol. The van der Waals surface area contributed by atoms with Crippen LogP contribution in [0.5, 0.6) is 5.75 Å². The molecule has 0 spiro atoms. The molecular weight excluding hydrogens is 488 g/mol. The van der Waals surface area contributed by atoms with Gasteiger partial charge in [0.1, 0.15) is 5.75 Å². The zero-order chi connectivity index (χ0) is 22.5. The Balaban J connectivity index is 0.00000132. The van der Waals surface area contributed by atoms with Gasteiger partial charge in [-0.05, 0) is 30.3 Å². The Morgan fingerprint density at radius 3 is 2.48 bits per heavy atom. The highest BCUT2D eigenvalue weighted by atomic mass is 79.9. The minimum absolute atomic E-state index is 0.128. The molecule has 9 heteroatoms. The molecule has 168 valence electrons. The van der Waals surface area contributed by atoms with Crippen molar-refractivity contribution in [2.75, 3.05) is 38.2 Å². The third-order valence-corrected chi connectivity index (χ3v) is 6.80. The van der Waals surface area contributed by atoms with Crippen molar-refractivity contribution in [1.82, 2.24) is 9.29 Å². The van der Waals surface area contributed by atoms with E-state index in [1.165, 1.54) is 10.2 Å². The highest BCUT2D eigenvalue weighted by molar-refractivity contribution is 9.10. The van der Waals surface area contributed by atoms with E-state index in [2.05, 4.69) is 26.1 Å². The van der Waals surface area contributed by atoms with Gasteiger partial charge in [0.2, 0.25) is 0 Å². The highest BCUT2D eigenvalue weighted by Crippen LogP contribution is 2.35. The van der Waals surface area contributed by atoms with Crippen LogP contribution in [0.2, 0.25) is 0 Å². The Morgan fingerprint density at radius 1 is 1.13 bits per heavy atom. The topological polar surface area (TPSA) is 46.5 Å². The molecule has 1 aliphatic heterocycles. The standard InChI is InChI=1S/C20H20BrF2N3O2S.C2H6/c1-28-19-5-3-14(11-18(19)25-8-6-24-7-9-25)29(27)26-12-16(20(22)23)15-4-2-13(21)10-17(15)26;1-2/h2-5,10-12,20,24H,6-9H2,1H3;1-2H3. The molecular formula is C22H26BrF2N3O2S. The van der Waals surface area contributed by atoms with E-state index < -0.39 is 17.4 Å². The van der Waals surface area contributed by atoms with Crippen LogP contribution in [0.3, 0.4) is 0 Å². The van der Waals surface area contributed by atoms with Crippen molar-refractivity contribution in [3.8, 4) is 5.75 Å². The molecule has 4 rings (SSSR count). The van der Waals surface area contributed by atoms with Gasteiger partial charge in [-0.25, -0.2) is 13.0 Å². The number of ether oxygens (including phenoxy) is 1. The lowest BCUT2D eigenvalue weighted by atomic mass is 10.2. The fourth-order valence-corrected chi connectivity index (χ4v) is 5.06. The van der Waals surface area contributed by atoms with Gasteiger partial charge in [-0.3, -0.25) is 3.97 Å². The first-order valence-electron chi connectivity index (χ1n) is 10.1. The fourth-order valence-electron chi connectivity index (χ4n) is 3.55. The Labute approximate surface area is 192 Å². The number of hydrogen-bond acceptors (Lipinski definition) is 4. The maximum absolute atomic E-state index is 13.5. The van der Waals surface area contributed by atoms with Crippen molar-refractivity contribution in [3.63, 3.8) is 0 Å². The van der Waals surface area contributed by atoms with Gasteiger partial charge in [0, 0.05) is 47.8 Å². The molecule has 0 aliphatic carbocycles. The molecule has 0 radical (unpaired) electrons. The van der Waals surface area contributed by atoms with Gasteiger partial charge in [0.15, 0.2) is 11.0 Å². The van der Waals surface area contributed by atoms with Crippen LogP contribution in [0.4, 0.5) is 14.5 Å². The Kier molecular flexibility index (Phi) is 8.07. The zero-order valence-corrected chi connectivity index (χ0v) is 20.1.